The normalized spacial score (nSPS) is 12.3. The summed E-state index contributed by atoms with van der Waals surface area (Å²) in [6.07, 6.45) is 10.2. The van der Waals surface area contributed by atoms with Gasteiger partial charge in [0.15, 0.2) is 0 Å². The van der Waals surface area contributed by atoms with Crippen molar-refractivity contribution in [1.82, 2.24) is 19.6 Å². The number of benzene rings is 2. The summed E-state index contributed by atoms with van der Waals surface area (Å²) in [5.74, 6) is 0. The van der Waals surface area contributed by atoms with Gasteiger partial charge in [-0.15, -0.1) is 0 Å². The number of hydrogen-bond acceptors (Lipinski definition) is 2. The highest BCUT2D eigenvalue weighted by atomic mass is 15.2. The van der Waals surface area contributed by atoms with E-state index < -0.39 is 0 Å². The third-order valence-corrected chi connectivity index (χ3v) is 6.75. The fourth-order valence-electron chi connectivity index (χ4n) is 4.47. The lowest BCUT2D eigenvalue weighted by Crippen LogP contribution is -2.25. The van der Waals surface area contributed by atoms with E-state index in [9.17, 15) is 0 Å². The molecule has 2 heterocycles. The third-order valence-electron chi connectivity index (χ3n) is 6.75. The van der Waals surface area contributed by atoms with Crippen LogP contribution in [0.2, 0.25) is 0 Å². The molecule has 0 saturated heterocycles. The van der Waals surface area contributed by atoms with Crippen molar-refractivity contribution in [1.29, 1.82) is 0 Å². The average Bonchev–Trinajstić information content (AvgIpc) is 3.41. The van der Waals surface area contributed by atoms with Crippen LogP contribution in [0.3, 0.4) is 0 Å². The highest BCUT2D eigenvalue weighted by Crippen LogP contribution is 2.40. The minimum atomic E-state index is 0.0549. The van der Waals surface area contributed by atoms with E-state index in [0.717, 1.165) is 18.4 Å². The predicted octanol–water partition coefficient (Wildman–Crippen LogP) is 6.52. The van der Waals surface area contributed by atoms with Crippen LogP contribution in [-0.2, 0) is 24.9 Å². The van der Waals surface area contributed by atoms with E-state index in [1.807, 2.05) is 35.9 Å². The van der Waals surface area contributed by atoms with E-state index >= 15 is 0 Å². The molecule has 0 atom stereocenters. The molecule has 2 aromatic carbocycles. The van der Waals surface area contributed by atoms with Gasteiger partial charge < -0.3 is 0 Å². The summed E-state index contributed by atoms with van der Waals surface area (Å²) >= 11 is 0. The summed E-state index contributed by atoms with van der Waals surface area (Å²) in [6.45, 7) is 9.44. The molecule has 0 saturated carbocycles. The smallest absolute Gasteiger partial charge is 0.0568 e. The summed E-state index contributed by atoms with van der Waals surface area (Å²) in [6, 6.07) is 17.8. The van der Waals surface area contributed by atoms with Gasteiger partial charge in [-0.3, -0.25) is 9.36 Å². The van der Waals surface area contributed by atoms with Crippen LogP contribution in [-0.4, -0.2) is 19.6 Å². The summed E-state index contributed by atoms with van der Waals surface area (Å²) in [5.41, 5.74) is 7.74. The van der Waals surface area contributed by atoms with Crippen LogP contribution in [0.4, 0.5) is 0 Å². The van der Waals surface area contributed by atoms with Crippen molar-refractivity contribution in [2.24, 2.45) is 14.1 Å². The number of rotatable bonds is 7. The van der Waals surface area contributed by atoms with Gasteiger partial charge in [0.25, 0.3) is 0 Å². The van der Waals surface area contributed by atoms with E-state index in [-0.39, 0.29) is 10.8 Å². The minimum absolute atomic E-state index is 0.0549. The van der Waals surface area contributed by atoms with Crippen LogP contribution < -0.4 is 0 Å². The van der Waals surface area contributed by atoms with Gasteiger partial charge in [0.1, 0.15) is 0 Å². The third kappa shape index (κ3) is 4.55. The SMILES string of the molecule is Cn1cc(-c2ccc(C(C)(C)CCC(C)(C)c3ccccc3-c3cnn(C)c3)cc2)cn1. The highest BCUT2D eigenvalue weighted by Gasteiger charge is 2.29. The number of aryl methyl sites for hydroxylation is 2. The standard InChI is InChI=1S/C28H34N4/c1-27(2,24-13-11-21(12-14-24)22-17-29-31(5)19-22)15-16-28(3,4)26-10-8-7-9-25(26)23-18-30-32(6)20-23/h7-14,17-20H,15-16H2,1-6H3. The molecule has 0 aliphatic rings. The van der Waals surface area contributed by atoms with Gasteiger partial charge in [0.05, 0.1) is 12.4 Å². The predicted molar refractivity (Wildman–Crippen MR) is 133 cm³/mol. The Morgan fingerprint density at radius 1 is 0.656 bits per heavy atom. The first kappa shape index (κ1) is 22.1. The van der Waals surface area contributed by atoms with Crippen LogP contribution in [0.15, 0.2) is 73.3 Å². The summed E-state index contributed by atoms with van der Waals surface area (Å²) in [5, 5.41) is 8.67. The molecule has 4 aromatic rings. The van der Waals surface area contributed by atoms with Crippen LogP contribution >= 0.6 is 0 Å². The molecule has 0 unspecified atom stereocenters. The lowest BCUT2D eigenvalue weighted by molar-refractivity contribution is 0.375. The first-order chi connectivity index (χ1) is 15.2. The maximum Gasteiger partial charge on any atom is 0.0568 e. The van der Waals surface area contributed by atoms with Crippen LogP contribution in [0.5, 0.6) is 0 Å². The van der Waals surface area contributed by atoms with Crippen molar-refractivity contribution in [2.75, 3.05) is 0 Å². The molecule has 0 amide bonds. The maximum atomic E-state index is 4.38. The monoisotopic (exact) mass is 426 g/mol. The molecule has 0 aliphatic heterocycles. The van der Waals surface area contributed by atoms with Gasteiger partial charge in [0, 0.05) is 37.6 Å². The number of hydrogen-bond donors (Lipinski definition) is 0. The van der Waals surface area contributed by atoms with Gasteiger partial charge in [-0.1, -0.05) is 76.2 Å². The Bertz CT molecular complexity index is 1190. The Morgan fingerprint density at radius 2 is 1.22 bits per heavy atom. The summed E-state index contributed by atoms with van der Waals surface area (Å²) in [7, 11) is 3.93. The minimum Gasteiger partial charge on any atom is -0.275 e. The molecule has 0 spiro atoms. The first-order valence-corrected chi connectivity index (χ1v) is 11.3. The zero-order valence-corrected chi connectivity index (χ0v) is 20.1. The molecule has 32 heavy (non-hydrogen) atoms. The van der Waals surface area contributed by atoms with Gasteiger partial charge >= 0.3 is 0 Å². The highest BCUT2D eigenvalue weighted by molar-refractivity contribution is 5.67. The van der Waals surface area contributed by atoms with Gasteiger partial charge in [-0.05, 0) is 45.9 Å². The molecule has 0 bridgehead atoms. The average molecular weight is 427 g/mol. The molecule has 0 N–H and O–H groups in total. The second-order valence-corrected chi connectivity index (χ2v) is 10.2. The zero-order chi connectivity index (χ0) is 22.9. The molecule has 4 rings (SSSR count). The van der Waals surface area contributed by atoms with Gasteiger partial charge in [-0.2, -0.15) is 10.2 Å². The van der Waals surface area contributed by atoms with E-state index in [2.05, 4.69) is 98.8 Å². The van der Waals surface area contributed by atoms with E-state index in [4.69, 9.17) is 0 Å². The van der Waals surface area contributed by atoms with Crippen LogP contribution in [0.1, 0.15) is 51.7 Å². The summed E-state index contributed by atoms with van der Waals surface area (Å²) in [4.78, 5) is 0. The van der Waals surface area contributed by atoms with Crippen molar-refractivity contribution in [3.8, 4) is 22.3 Å². The Labute approximate surface area is 191 Å². The molecule has 4 nitrogen and oxygen atoms in total. The second-order valence-electron chi connectivity index (χ2n) is 10.2. The molecule has 0 aliphatic carbocycles. The van der Waals surface area contributed by atoms with Crippen molar-refractivity contribution < 1.29 is 0 Å². The van der Waals surface area contributed by atoms with Crippen molar-refractivity contribution in [3.63, 3.8) is 0 Å². The fraction of sp³-hybridized carbons (Fsp3) is 0.357. The van der Waals surface area contributed by atoms with Crippen molar-refractivity contribution in [3.05, 3.63) is 84.4 Å². The second kappa shape index (κ2) is 8.42. The molecule has 2 aromatic heterocycles. The molecular weight excluding hydrogens is 392 g/mol. The number of aromatic nitrogens is 4. The topological polar surface area (TPSA) is 35.6 Å². The molecule has 4 heteroatoms. The van der Waals surface area contributed by atoms with E-state index in [0.29, 0.717) is 0 Å². The lowest BCUT2D eigenvalue weighted by atomic mass is 9.71. The molecule has 0 radical (unpaired) electrons. The van der Waals surface area contributed by atoms with E-state index in [1.165, 1.54) is 27.8 Å². The van der Waals surface area contributed by atoms with Crippen LogP contribution in [0, 0.1) is 0 Å². The summed E-state index contributed by atoms with van der Waals surface area (Å²) < 4.78 is 3.72. The fourth-order valence-corrected chi connectivity index (χ4v) is 4.47. The van der Waals surface area contributed by atoms with Crippen LogP contribution in [0.25, 0.3) is 22.3 Å². The Hall–Kier alpha value is -3.14. The Kier molecular flexibility index (Phi) is 5.81. The largest absolute Gasteiger partial charge is 0.275 e. The lowest BCUT2D eigenvalue weighted by Gasteiger charge is -2.33. The van der Waals surface area contributed by atoms with Gasteiger partial charge in [0.2, 0.25) is 0 Å². The van der Waals surface area contributed by atoms with E-state index in [1.54, 1.807) is 0 Å². The quantitative estimate of drug-likeness (QED) is 0.337. The van der Waals surface area contributed by atoms with Crippen molar-refractivity contribution >= 4 is 0 Å². The van der Waals surface area contributed by atoms with Gasteiger partial charge in [-0.25, -0.2) is 0 Å². The number of nitrogens with zero attached hydrogens (tertiary/aromatic N) is 4. The zero-order valence-electron chi connectivity index (χ0n) is 20.1. The maximum absolute atomic E-state index is 4.38. The van der Waals surface area contributed by atoms with Crippen molar-refractivity contribution in [2.45, 2.75) is 51.4 Å². The molecular formula is C28H34N4. The Morgan fingerprint density at radius 3 is 1.81 bits per heavy atom. The first-order valence-electron chi connectivity index (χ1n) is 11.3. The Balaban J connectivity index is 1.52. The molecule has 0 fully saturated rings. The molecule has 166 valence electrons.